The molecule has 4 rings (SSSR count). The first-order valence-corrected chi connectivity index (χ1v) is 9.03. The minimum atomic E-state index is -0.0285. The van der Waals surface area contributed by atoms with E-state index < -0.39 is 0 Å². The van der Waals surface area contributed by atoms with Gasteiger partial charge in [0, 0.05) is 42.2 Å². The van der Waals surface area contributed by atoms with E-state index in [1.54, 1.807) is 6.20 Å². The van der Waals surface area contributed by atoms with E-state index in [0.29, 0.717) is 12.4 Å². The molecular formula is C20H23N5O. The number of amides is 1. The number of imidazole rings is 1. The van der Waals surface area contributed by atoms with Gasteiger partial charge in [-0.15, -0.1) is 0 Å². The van der Waals surface area contributed by atoms with Crippen molar-refractivity contribution in [3.8, 4) is 11.1 Å². The average molecular weight is 349 g/mol. The maximum atomic E-state index is 12.7. The molecule has 1 saturated heterocycles. The molecule has 1 aliphatic rings. The van der Waals surface area contributed by atoms with E-state index >= 15 is 0 Å². The van der Waals surface area contributed by atoms with Gasteiger partial charge in [-0.1, -0.05) is 29.8 Å². The molecule has 0 spiro atoms. The summed E-state index contributed by atoms with van der Waals surface area (Å²) in [5.74, 6) is 0.647. The predicted octanol–water partition coefficient (Wildman–Crippen LogP) is 3.44. The average Bonchev–Trinajstić information content (AvgIpc) is 3.31. The molecule has 26 heavy (non-hydrogen) atoms. The summed E-state index contributed by atoms with van der Waals surface area (Å²) in [6.07, 6.45) is 5.60. The molecule has 0 unspecified atom stereocenters. The Hall–Kier alpha value is -2.89. The Labute approximate surface area is 152 Å². The number of piperidine rings is 1. The van der Waals surface area contributed by atoms with Crippen LogP contribution in [-0.2, 0) is 0 Å². The van der Waals surface area contributed by atoms with Crippen molar-refractivity contribution in [1.29, 1.82) is 0 Å². The van der Waals surface area contributed by atoms with Crippen LogP contribution < -0.4 is 0 Å². The summed E-state index contributed by atoms with van der Waals surface area (Å²) in [6, 6.07) is 8.48. The lowest BCUT2D eigenvalue weighted by Gasteiger charge is -2.32. The molecule has 2 N–H and O–H groups in total. The van der Waals surface area contributed by atoms with E-state index in [1.165, 1.54) is 5.56 Å². The second-order valence-corrected chi connectivity index (χ2v) is 7.07. The van der Waals surface area contributed by atoms with Crippen LogP contribution in [0.3, 0.4) is 0 Å². The predicted molar refractivity (Wildman–Crippen MR) is 100.0 cm³/mol. The molecular weight excluding hydrogens is 326 g/mol. The first-order chi connectivity index (χ1) is 12.6. The van der Waals surface area contributed by atoms with Gasteiger partial charge in [-0.2, -0.15) is 5.10 Å². The van der Waals surface area contributed by atoms with Crippen LogP contribution in [0.15, 0.2) is 36.7 Å². The minimum Gasteiger partial charge on any atom is -0.338 e. The smallest absolute Gasteiger partial charge is 0.289 e. The van der Waals surface area contributed by atoms with E-state index in [9.17, 15) is 4.79 Å². The summed E-state index contributed by atoms with van der Waals surface area (Å²) in [5, 5.41) is 7.46. The maximum absolute atomic E-state index is 12.7. The number of benzene rings is 1. The van der Waals surface area contributed by atoms with E-state index in [4.69, 9.17) is 0 Å². The van der Waals surface area contributed by atoms with Crippen LogP contribution in [0.5, 0.6) is 0 Å². The summed E-state index contributed by atoms with van der Waals surface area (Å²) in [6.45, 7) is 5.44. The van der Waals surface area contributed by atoms with Gasteiger partial charge in [0.25, 0.3) is 5.91 Å². The van der Waals surface area contributed by atoms with Crippen LogP contribution in [0, 0.1) is 13.8 Å². The molecule has 0 radical (unpaired) electrons. The number of aromatic amines is 2. The third-order valence-corrected chi connectivity index (χ3v) is 5.05. The second-order valence-electron chi connectivity index (χ2n) is 7.07. The molecule has 1 fully saturated rings. The number of nitrogens with zero attached hydrogens (tertiary/aromatic N) is 3. The van der Waals surface area contributed by atoms with Crippen LogP contribution in [0.4, 0.5) is 0 Å². The van der Waals surface area contributed by atoms with Crippen molar-refractivity contribution in [1.82, 2.24) is 25.1 Å². The first kappa shape index (κ1) is 16.6. The molecule has 3 aromatic rings. The lowest BCUT2D eigenvalue weighted by Crippen LogP contribution is -2.39. The van der Waals surface area contributed by atoms with Crippen molar-refractivity contribution in [3.05, 3.63) is 59.4 Å². The van der Waals surface area contributed by atoms with Crippen LogP contribution in [0.1, 0.15) is 46.3 Å². The van der Waals surface area contributed by atoms with Crippen molar-refractivity contribution in [3.63, 3.8) is 0 Å². The quantitative estimate of drug-likeness (QED) is 0.760. The van der Waals surface area contributed by atoms with Crippen molar-refractivity contribution in [2.24, 2.45) is 0 Å². The summed E-state index contributed by atoms with van der Waals surface area (Å²) in [5.41, 5.74) is 5.53. The molecule has 1 amide bonds. The zero-order valence-corrected chi connectivity index (χ0v) is 15.1. The lowest BCUT2D eigenvalue weighted by molar-refractivity contribution is 0.0694. The highest BCUT2D eigenvalue weighted by Crippen LogP contribution is 2.33. The molecule has 134 valence electrons. The Morgan fingerprint density at radius 2 is 2.00 bits per heavy atom. The summed E-state index contributed by atoms with van der Waals surface area (Å²) in [7, 11) is 0. The normalized spacial score (nSPS) is 17.5. The number of hydrogen-bond donors (Lipinski definition) is 2. The van der Waals surface area contributed by atoms with Crippen LogP contribution in [-0.4, -0.2) is 44.1 Å². The van der Waals surface area contributed by atoms with Gasteiger partial charge in [-0.25, -0.2) is 4.98 Å². The summed E-state index contributed by atoms with van der Waals surface area (Å²) < 4.78 is 0. The maximum Gasteiger partial charge on any atom is 0.289 e. The van der Waals surface area contributed by atoms with Crippen LogP contribution >= 0.6 is 0 Å². The van der Waals surface area contributed by atoms with E-state index in [0.717, 1.165) is 41.9 Å². The highest BCUT2D eigenvalue weighted by Gasteiger charge is 2.29. The van der Waals surface area contributed by atoms with Crippen LogP contribution in [0.2, 0.25) is 0 Å². The number of aryl methyl sites for hydroxylation is 2. The Balaban J connectivity index is 1.56. The van der Waals surface area contributed by atoms with E-state index in [-0.39, 0.29) is 11.8 Å². The number of hydrogen-bond acceptors (Lipinski definition) is 3. The summed E-state index contributed by atoms with van der Waals surface area (Å²) in [4.78, 5) is 21.8. The fourth-order valence-corrected chi connectivity index (χ4v) is 3.64. The van der Waals surface area contributed by atoms with Gasteiger partial charge in [-0.3, -0.25) is 9.89 Å². The standard InChI is InChI=1S/C20H23N5O/c1-13-5-7-15(8-6-13)17-11-22-24-18(17)16-4-3-9-25(12-16)20(26)19-21-10-14(2)23-19/h5-8,10-11,16H,3-4,9,12H2,1-2H3,(H,21,23)(H,22,24)/t16-/m1/s1. The van der Waals surface area contributed by atoms with Crippen molar-refractivity contribution in [2.45, 2.75) is 32.6 Å². The van der Waals surface area contributed by atoms with Crippen molar-refractivity contribution < 1.29 is 4.79 Å². The van der Waals surface area contributed by atoms with Crippen LogP contribution in [0.25, 0.3) is 11.1 Å². The largest absolute Gasteiger partial charge is 0.338 e. The zero-order chi connectivity index (χ0) is 18.1. The topological polar surface area (TPSA) is 77.7 Å². The minimum absolute atomic E-state index is 0.0285. The highest BCUT2D eigenvalue weighted by molar-refractivity contribution is 5.90. The molecule has 0 bridgehead atoms. The first-order valence-electron chi connectivity index (χ1n) is 9.03. The van der Waals surface area contributed by atoms with Gasteiger partial charge in [-0.05, 0) is 32.3 Å². The molecule has 1 aliphatic heterocycles. The number of rotatable bonds is 3. The molecule has 1 atom stereocenters. The Kier molecular flexibility index (Phi) is 4.32. The number of carbonyl (C=O) groups excluding carboxylic acids is 1. The van der Waals surface area contributed by atoms with Crippen molar-refractivity contribution in [2.75, 3.05) is 13.1 Å². The zero-order valence-electron chi connectivity index (χ0n) is 15.1. The lowest BCUT2D eigenvalue weighted by atomic mass is 9.90. The number of aromatic nitrogens is 4. The fraction of sp³-hybridized carbons (Fsp3) is 0.350. The third-order valence-electron chi connectivity index (χ3n) is 5.05. The van der Waals surface area contributed by atoms with Gasteiger partial charge >= 0.3 is 0 Å². The Bertz CT molecular complexity index is 908. The number of likely N-dealkylation sites (tertiary alicyclic amines) is 1. The second kappa shape index (κ2) is 6.78. The molecule has 3 heterocycles. The van der Waals surface area contributed by atoms with Gasteiger partial charge in [0.1, 0.15) is 0 Å². The Morgan fingerprint density at radius 3 is 2.73 bits per heavy atom. The number of nitrogens with one attached hydrogen (secondary N) is 2. The Morgan fingerprint density at radius 1 is 1.19 bits per heavy atom. The molecule has 1 aromatic carbocycles. The van der Waals surface area contributed by atoms with E-state index in [1.807, 2.05) is 18.0 Å². The molecule has 2 aromatic heterocycles. The fourth-order valence-electron chi connectivity index (χ4n) is 3.64. The molecule has 0 saturated carbocycles. The SMILES string of the molecule is Cc1ccc(-c2cn[nH]c2[C@@H]2CCCN(C(=O)c3ncc(C)[nH]3)C2)cc1. The van der Waals surface area contributed by atoms with Gasteiger partial charge in [0.2, 0.25) is 0 Å². The van der Waals surface area contributed by atoms with Crippen molar-refractivity contribution >= 4 is 5.91 Å². The third kappa shape index (κ3) is 3.14. The van der Waals surface area contributed by atoms with Gasteiger partial charge in [0.05, 0.1) is 6.20 Å². The van der Waals surface area contributed by atoms with Gasteiger partial charge < -0.3 is 9.88 Å². The van der Waals surface area contributed by atoms with Gasteiger partial charge in [0.15, 0.2) is 5.82 Å². The molecule has 0 aliphatic carbocycles. The monoisotopic (exact) mass is 349 g/mol. The van der Waals surface area contributed by atoms with E-state index in [2.05, 4.69) is 51.4 Å². The summed E-state index contributed by atoms with van der Waals surface area (Å²) >= 11 is 0. The molecule has 6 nitrogen and oxygen atoms in total. The highest BCUT2D eigenvalue weighted by atomic mass is 16.2. The number of H-pyrrole nitrogens is 2. The molecule has 6 heteroatoms. The number of carbonyl (C=O) groups is 1.